The molecule has 2 rings (SSSR count). The number of imidazole rings is 1. The Hall–Kier alpha value is -1.48. The lowest BCUT2D eigenvalue weighted by Crippen LogP contribution is -2.19. The van der Waals surface area contributed by atoms with E-state index in [-0.39, 0.29) is 12.1 Å². The minimum absolute atomic E-state index is 0.118. The molecule has 0 aliphatic carbocycles. The van der Waals surface area contributed by atoms with Crippen molar-refractivity contribution in [2.24, 2.45) is 0 Å². The Kier molecular flexibility index (Phi) is 4.55. The number of ether oxygens (including phenoxy) is 1. The summed E-state index contributed by atoms with van der Waals surface area (Å²) in [4.78, 5) is 3.30. The second kappa shape index (κ2) is 5.86. The van der Waals surface area contributed by atoms with Crippen LogP contribution in [0.3, 0.4) is 0 Å². The van der Waals surface area contributed by atoms with Gasteiger partial charge in [-0.1, -0.05) is 11.6 Å². The van der Waals surface area contributed by atoms with Gasteiger partial charge in [-0.05, 0) is 26.0 Å². The van der Waals surface area contributed by atoms with Crippen molar-refractivity contribution in [3.05, 3.63) is 28.5 Å². The lowest BCUT2D eigenvalue weighted by atomic mass is 10.2. The van der Waals surface area contributed by atoms with E-state index in [4.69, 9.17) is 16.3 Å². The zero-order valence-electron chi connectivity index (χ0n) is 11.9. The number of aromatic nitrogens is 2. The van der Waals surface area contributed by atoms with Crippen LogP contribution >= 0.6 is 11.6 Å². The van der Waals surface area contributed by atoms with E-state index in [1.165, 1.54) is 6.92 Å². The van der Waals surface area contributed by atoms with Crippen LogP contribution in [0.4, 0.5) is 26.3 Å². The second-order valence-corrected chi connectivity index (χ2v) is 5.08. The van der Waals surface area contributed by atoms with Gasteiger partial charge in [-0.15, -0.1) is 0 Å². The molecule has 1 atom stereocenters. The number of hydrogen-bond acceptors (Lipinski definition) is 2. The minimum Gasteiger partial charge on any atom is -0.359 e. The van der Waals surface area contributed by atoms with Gasteiger partial charge in [-0.25, -0.2) is 4.98 Å². The number of alkyl halides is 6. The first-order chi connectivity index (χ1) is 10.5. The fourth-order valence-electron chi connectivity index (χ4n) is 2.22. The summed E-state index contributed by atoms with van der Waals surface area (Å²) in [6.45, 7) is 3.04. The number of nitrogens with zero attached hydrogens (tertiary/aromatic N) is 2. The first-order valence-corrected chi connectivity index (χ1v) is 6.82. The molecule has 0 saturated carbocycles. The lowest BCUT2D eigenvalue weighted by Gasteiger charge is -2.18. The van der Waals surface area contributed by atoms with Gasteiger partial charge in [-0.3, -0.25) is 4.57 Å². The second-order valence-electron chi connectivity index (χ2n) is 4.68. The summed E-state index contributed by atoms with van der Waals surface area (Å²) in [5.41, 5.74) is -1.88. The summed E-state index contributed by atoms with van der Waals surface area (Å²) >= 11 is 5.58. The van der Waals surface area contributed by atoms with Crippen LogP contribution in [0.2, 0.25) is 5.02 Å². The Morgan fingerprint density at radius 2 is 1.78 bits per heavy atom. The van der Waals surface area contributed by atoms with Crippen molar-refractivity contribution in [2.45, 2.75) is 32.4 Å². The Bertz CT molecular complexity index is 722. The maximum atomic E-state index is 13.1. The third kappa shape index (κ3) is 3.40. The Balaban J connectivity index is 2.78. The Morgan fingerprint density at radius 1 is 1.17 bits per heavy atom. The van der Waals surface area contributed by atoms with Crippen LogP contribution in [0.25, 0.3) is 11.0 Å². The first kappa shape index (κ1) is 17.9. The van der Waals surface area contributed by atoms with E-state index in [0.29, 0.717) is 10.6 Å². The van der Waals surface area contributed by atoms with Crippen molar-refractivity contribution in [3.8, 4) is 0 Å². The predicted octanol–water partition coefficient (Wildman–Crippen LogP) is 5.28. The van der Waals surface area contributed by atoms with Crippen LogP contribution < -0.4 is 0 Å². The first-order valence-electron chi connectivity index (χ1n) is 6.44. The average molecular weight is 361 g/mol. The van der Waals surface area contributed by atoms with Gasteiger partial charge in [0, 0.05) is 6.61 Å². The third-order valence-corrected chi connectivity index (χ3v) is 3.42. The van der Waals surface area contributed by atoms with Crippen LogP contribution in [-0.4, -0.2) is 16.2 Å². The molecule has 0 aliphatic rings. The normalized spacial score (nSPS) is 14.5. The number of halogens is 7. The quantitative estimate of drug-likeness (QED) is 0.696. The van der Waals surface area contributed by atoms with Gasteiger partial charge in [0.25, 0.3) is 0 Å². The van der Waals surface area contributed by atoms with E-state index >= 15 is 0 Å². The molecular weight excluding hydrogens is 350 g/mol. The van der Waals surface area contributed by atoms with Crippen molar-refractivity contribution >= 4 is 22.6 Å². The third-order valence-electron chi connectivity index (χ3n) is 3.11. The van der Waals surface area contributed by atoms with Crippen molar-refractivity contribution in [2.75, 3.05) is 6.61 Å². The molecule has 0 radical (unpaired) electrons. The highest BCUT2D eigenvalue weighted by atomic mass is 35.5. The monoisotopic (exact) mass is 360 g/mol. The van der Waals surface area contributed by atoms with Crippen molar-refractivity contribution in [3.63, 3.8) is 0 Å². The van der Waals surface area contributed by atoms with Gasteiger partial charge in [0.15, 0.2) is 0 Å². The van der Waals surface area contributed by atoms with Crippen molar-refractivity contribution in [1.29, 1.82) is 0 Å². The molecule has 0 saturated heterocycles. The van der Waals surface area contributed by atoms with Gasteiger partial charge in [0.05, 0.1) is 21.6 Å². The molecule has 128 valence electrons. The molecule has 3 nitrogen and oxygen atoms in total. The zero-order chi connectivity index (χ0) is 17.6. The fraction of sp³-hybridized carbons (Fsp3) is 0.462. The topological polar surface area (TPSA) is 27.1 Å². The molecule has 1 aromatic heterocycles. The van der Waals surface area contributed by atoms with Gasteiger partial charge < -0.3 is 4.74 Å². The smallest absolute Gasteiger partial charge is 0.359 e. The van der Waals surface area contributed by atoms with E-state index in [0.717, 1.165) is 6.07 Å². The molecule has 10 heteroatoms. The highest BCUT2D eigenvalue weighted by molar-refractivity contribution is 6.32. The predicted molar refractivity (Wildman–Crippen MR) is 71.1 cm³/mol. The van der Waals surface area contributed by atoms with Crippen LogP contribution in [0, 0.1) is 0 Å². The molecule has 2 aromatic rings. The fourth-order valence-corrected chi connectivity index (χ4v) is 2.48. The summed E-state index contributed by atoms with van der Waals surface area (Å²) in [5.74, 6) is -1.34. The highest BCUT2D eigenvalue weighted by Crippen LogP contribution is 2.40. The minimum atomic E-state index is -4.85. The van der Waals surface area contributed by atoms with Crippen LogP contribution in [0.5, 0.6) is 0 Å². The lowest BCUT2D eigenvalue weighted by molar-refractivity contribution is -0.151. The highest BCUT2D eigenvalue weighted by Gasteiger charge is 2.40. The number of benzene rings is 1. The summed E-state index contributed by atoms with van der Waals surface area (Å²) < 4.78 is 83.7. The number of hydrogen-bond donors (Lipinski definition) is 0. The largest absolute Gasteiger partial charge is 0.449 e. The molecule has 0 amide bonds. The van der Waals surface area contributed by atoms with Gasteiger partial charge in [-0.2, -0.15) is 26.3 Å². The maximum absolute atomic E-state index is 13.1. The number of fused-ring (bicyclic) bond motifs is 1. The van der Waals surface area contributed by atoms with E-state index in [2.05, 4.69) is 4.98 Å². The van der Waals surface area contributed by atoms with Gasteiger partial charge >= 0.3 is 12.4 Å². The van der Waals surface area contributed by atoms with E-state index in [1.807, 2.05) is 0 Å². The van der Waals surface area contributed by atoms with Crippen LogP contribution in [-0.2, 0) is 17.1 Å². The summed E-state index contributed by atoms with van der Waals surface area (Å²) in [6.07, 6.45) is -10.7. The molecule has 1 unspecified atom stereocenters. The Labute approximate surface area is 131 Å². The van der Waals surface area contributed by atoms with E-state index in [1.54, 1.807) is 6.92 Å². The summed E-state index contributed by atoms with van der Waals surface area (Å²) in [7, 11) is 0. The zero-order valence-corrected chi connectivity index (χ0v) is 12.6. The van der Waals surface area contributed by atoms with E-state index in [9.17, 15) is 26.3 Å². The molecule has 23 heavy (non-hydrogen) atoms. The molecule has 0 N–H and O–H groups in total. The maximum Gasteiger partial charge on any atom is 0.449 e. The van der Waals surface area contributed by atoms with Gasteiger partial charge in [0.2, 0.25) is 5.82 Å². The van der Waals surface area contributed by atoms with Crippen LogP contribution in [0.1, 0.15) is 31.5 Å². The molecule has 0 spiro atoms. The molecular formula is C13H11ClF6N2O. The summed E-state index contributed by atoms with van der Waals surface area (Å²) in [5, 5.41) is -0.705. The molecule has 1 aromatic carbocycles. The molecule has 1 heterocycles. The van der Waals surface area contributed by atoms with Crippen molar-refractivity contribution < 1.29 is 31.1 Å². The number of rotatable bonds is 3. The molecule has 0 aliphatic heterocycles. The average Bonchev–Trinajstić information content (AvgIpc) is 2.75. The SMILES string of the molecule is CCOC(C)n1c(C(F)(F)F)nc2cc(C(F)(F)F)c(Cl)cc21. The molecule has 0 bridgehead atoms. The molecule has 0 fully saturated rings. The van der Waals surface area contributed by atoms with Crippen LogP contribution in [0.15, 0.2) is 12.1 Å². The summed E-state index contributed by atoms with van der Waals surface area (Å²) in [6, 6.07) is 1.32. The standard InChI is InChI=1S/C13H11ClF6N2O/c1-3-23-6(2)22-10-5-8(14)7(12(15,16)17)4-9(10)21-11(22)13(18,19)20/h4-6H,3H2,1-2H3. The Morgan fingerprint density at radius 3 is 2.26 bits per heavy atom. The van der Waals surface area contributed by atoms with Gasteiger partial charge in [0.1, 0.15) is 6.23 Å². The van der Waals surface area contributed by atoms with Crippen molar-refractivity contribution in [1.82, 2.24) is 9.55 Å². The van der Waals surface area contributed by atoms with E-state index < -0.39 is 40.5 Å².